The topological polar surface area (TPSA) is 27.7 Å². The molecule has 0 unspecified atom stereocenters. The van der Waals surface area contributed by atoms with Crippen LogP contribution < -0.4 is 4.74 Å². The van der Waals surface area contributed by atoms with Crippen LogP contribution in [0.3, 0.4) is 0 Å². The largest absolute Gasteiger partial charge is 0.497 e. The zero-order chi connectivity index (χ0) is 14.2. The molecule has 0 radical (unpaired) electrons. The van der Waals surface area contributed by atoms with Crippen LogP contribution in [0, 0.1) is 0 Å². The highest BCUT2D eigenvalue weighted by Gasteiger charge is 2.23. The Kier molecular flexibility index (Phi) is 6.34. The minimum Gasteiger partial charge on any atom is -0.497 e. The second-order valence-corrected chi connectivity index (χ2v) is 5.40. The van der Waals surface area contributed by atoms with Gasteiger partial charge in [-0.05, 0) is 24.1 Å². The first kappa shape index (κ1) is 15.3. The van der Waals surface area contributed by atoms with E-state index in [1.54, 1.807) is 7.11 Å². The van der Waals surface area contributed by atoms with Crippen molar-refractivity contribution in [2.75, 3.05) is 20.3 Å². The lowest BCUT2D eigenvalue weighted by Gasteiger charge is -2.30. The zero-order valence-corrected chi connectivity index (χ0v) is 12.6. The average molecular weight is 278 g/mol. The molecular formula is C17H26O3. The van der Waals surface area contributed by atoms with E-state index < -0.39 is 0 Å². The molecule has 0 bridgehead atoms. The molecule has 3 nitrogen and oxygen atoms in total. The highest BCUT2D eigenvalue weighted by molar-refractivity contribution is 5.28. The van der Waals surface area contributed by atoms with Crippen molar-refractivity contribution in [2.24, 2.45) is 0 Å². The van der Waals surface area contributed by atoms with Gasteiger partial charge >= 0.3 is 0 Å². The van der Waals surface area contributed by atoms with E-state index in [4.69, 9.17) is 14.2 Å². The maximum Gasteiger partial charge on any atom is 0.118 e. The normalized spacial score (nSPS) is 22.7. The Bertz CT molecular complexity index is 366. The van der Waals surface area contributed by atoms with Gasteiger partial charge in [-0.15, -0.1) is 0 Å². The zero-order valence-electron chi connectivity index (χ0n) is 12.6. The second-order valence-electron chi connectivity index (χ2n) is 5.40. The summed E-state index contributed by atoms with van der Waals surface area (Å²) in [5, 5.41) is 0. The maximum absolute atomic E-state index is 5.94. The molecule has 112 valence electrons. The molecule has 1 saturated heterocycles. The van der Waals surface area contributed by atoms with Gasteiger partial charge in [-0.2, -0.15) is 0 Å². The minimum atomic E-state index is 0.0628. The van der Waals surface area contributed by atoms with Crippen LogP contribution in [0.4, 0.5) is 0 Å². The first-order valence-corrected chi connectivity index (χ1v) is 7.70. The van der Waals surface area contributed by atoms with Gasteiger partial charge in [-0.3, -0.25) is 0 Å². The number of methoxy groups -OCH3 is 1. The fourth-order valence-electron chi connectivity index (χ4n) is 2.52. The fraction of sp³-hybridized carbons (Fsp3) is 0.647. The van der Waals surface area contributed by atoms with Crippen molar-refractivity contribution in [3.05, 3.63) is 29.8 Å². The van der Waals surface area contributed by atoms with Gasteiger partial charge < -0.3 is 14.2 Å². The van der Waals surface area contributed by atoms with Crippen LogP contribution in [0.5, 0.6) is 5.75 Å². The third kappa shape index (κ3) is 4.50. The first-order chi connectivity index (χ1) is 9.83. The van der Waals surface area contributed by atoms with E-state index in [2.05, 4.69) is 19.1 Å². The van der Waals surface area contributed by atoms with Crippen LogP contribution in [0.2, 0.25) is 0 Å². The van der Waals surface area contributed by atoms with Crippen molar-refractivity contribution in [1.29, 1.82) is 0 Å². The molecule has 0 aromatic heterocycles. The third-order valence-electron chi connectivity index (χ3n) is 3.83. The molecule has 1 aliphatic heterocycles. The maximum atomic E-state index is 5.94. The highest BCUT2D eigenvalue weighted by atomic mass is 16.6. The van der Waals surface area contributed by atoms with Crippen molar-refractivity contribution in [2.45, 2.75) is 51.2 Å². The number of rotatable bonds is 7. The molecule has 0 aliphatic carbocycles. The molecule has 3 heteroatoms. The smallest absolute Gasteiger partial charge is 0.118 e. The van der Waals surface area contributed by atoms with E-state index in [1.807, 2.05) is 12.1 Å². The van der Waals surface area contributed by atoms with E-state index in [0.29, 0.717) is 13.2 Å². The number of benzene rings is 1. The lowest BCUT2D eigenvalue weighted by molar-refractivity contribution is -0.137. The molecule has 1 aromatic carbocycles. The molecule has 0 spiro atoms. The predicted octanol–water partition coefficient (Wildman–Crippen LogP) is 4.12. The van der Waals surface area contributed by atoms with Crippen LogP contribution in [0.15, 0.2) is 24.3 Å². The van der Waals surface area contributed by atoms with E-state index in [9.17, 15) is 0 Å². The van der Waals surface area contributed by atoms with Crippen LogP contribution in [0.25, 0.3) is 0 Å². The van der Waals surface area contributed by atoms with E-state index >= 15 is 0 Å². The summed E-state index contributed by atoms with van der Waals surface area (Å²) in [6.07, 6.45) is 6.61. The van der Waals surface area contributed by atoms with Crippen LogP contribution in [0.1, 0.15) is 50.7 Å². The number of hydrogen-bond acceptors (Lipinski definition) is 3. The van der Waals surface area contributed by atoms with Gasteiger partial charge in [0.15, 0.2) is 0 Å². The molecule has 0 amide bonds. The highest BCUT2D eigenvalue weighted by Crippen LogP contribution is 2.26. The Labute approximate surface area is 122 Å². The molecule has 0 saturated carbocycles. The van der Waals surface area contributed by atoms with Crippen LogP contribution >= 0.6 is 0 Å². The number of hydrogen-bond donors (Lipinski definition) is 0. The Morgan fingerprint density at radius 2 is 1.85 bits per heavy atom. The summed E-state index contributed by atoms with van der Waals surface area (Å²) in [4.78, 5) is 0. The van der Waals surface area contributed by atoms with Gasteiger partial charge in [0.05, 0.1) is 26.4 Å². The van der Waals surface area contributed by atoms with Crippen molar-refractivity contribution < 1.29 is 14.2 Å². The quantitative estimate of drug-likeness (QED) is 0.702. The van der Waals surface area contributed by atoms with Crippen molar-refractivity contribution in [3.63, 3.8) is 0 Å². The van der Waals surface area contributed by atoms with Gasteiger partial charge in [-0.25, -0.2) is 0 Å². The van der Waals surface area contributed by atoms with E-state index in [-0.39, 0.29) is 12.2 Å². The molecule has 1 heterocycles. The SMILES string of the molecule is CCCCCC[C@H]1CO[C@H](c2ccc(OC)cc2)CO1. The summed E-state index contributed by atoms with van der Waals surface area (Å²) in [5.41, 5.74) is 1.16. The lowest BCUT2D eigenvalue weighted by atomic mass is 10.1. The van der Waals surface area contributed by atoms with E-state index in [1.165, 1.54) is 25.7 Å². The van der Waals surface area contributed by atoms with E-state index in [0.717, 1.165) is 17.7 Å². The van der Waals surface area contributed by atoms with Crippen LogP contribution in [-0.4, -0.2) is 26.4 Å². The predicted molar refractivity (Wildman–Crippen MR) is 80.2 cm³/mol. The molecule has 1 fully saturated rings. The Morgan fingerprint density at radius 3 is 2.45 bits per heavy atom. The lowest BCUT2D eigenvalue weighted by Crippen LogP contribution is -2.31. The van der Waals surface area contributed by atoms with Gasteiger partial charge in [0.2, 0.25) is 0 Å². The van der Waals surface area contributed by atoms with Crippen molar-refractivity contribution in [1.82, 2.24) is 0 Å². The minimum absolute atomic E-state index is 0.0628. The average Bonchev–Trinajstić information content (AvgIpc) is 2.52. The fourth-order valence-corrected chi connectivity index (χ4v) is 2.52. The number of ether oxygens (including phenoxy) is 3. The standard InChI is InChI=1S/C17H26O3/c1-3-4-5-6-7-16-12-20-17(13-19-16)14-8-10-15(18-2)11-9-14/h8-11,16-17H,3-7,12-13H2,1-2H3/t16-,17-/m0/s1. The molecule has 1 aliphatic rings. The third-order valence-corrected chi connectivity index (χ3v) is 3.83. The second kappa shape index (κ2) is 8.28. The monoisotopic (exact) mass is 278 g/mol. The molecule has 2 rings (SSSR count). The van der Waals surface area contributed by atoms with Crippen molar-refractivity contribution >= 4 is 0 Å². The van der Waals surface area contributed by atoms with Gasteiger partial charge in [-0.1, -0.05) is 44.7 Å². The van der Waals surface area contributed by atoms with Gasteiger partial charge in [0.1, 0.15) is 11.9 Å². The Hall–Kier alpha value is -1.06. The Morgan fingerprint density at radius 1 is 1.05 bits per heavy atom. The molecule has 1 aromatic rings. The summed E-state index contributed by atoms with van der Waals surface area (Å²) in [6, 6.07) is 8.04. The summed E-state index contributed by atoms with van der Waals surface area (Å²) < 4.78 is 17.0. The summed E-state index contributed by atoms with van der Waals surface area (Å²) >= 11 is 0. The first-order valence-electron chi connectivity index (χ1n) is 7.70. The van der Waals surface area contributed by atoms with Gasteiger partial charge in [0.25, 0.3) is 0 Å². The van der Waals surface area contributed by atoms with Gasteiger partial charge in [0, 0.05) is 0 Å². The summed E-state index contributed by atoms with van der Waals surface area (Å²) in [7, 11) is 1.68. The molecule has 2 atom stereocenters. The van der Waals surface area contributed by atoms with Crippen LogP contribution in [-0.2, 0) is 9.47 Å². The molecule has 0 N–H and O–H groups in total. The molecular weight excluding hydrogens is 252 g/mol. The molecule has 20 heavy (non-hydrogen) atoms. The van der Waals surface area contributed by atoms with Crippen molar-refractivity contribution in [3.8, 4) is 5.75 Å². The number of unbranched alkanes of at least 4 members (excludes halogenated alkanes) is 3. The summed E-state index contributed by atoms with van der Waals surface area (Å²) in [6.45, 7) is 3.60. The summed E-state index contributed by atoms with van der Waals surface area (Å²) in [5.74, 6) is 0.874. The Balaban J connectivity index is 1.73.